The van der Waals surface area contributed by atoms with Crippen LogP contribution >= 0.6 is 0 Å². The second-order valence-electron chi connectivity index (χ2n) is 12.5. The number of amidine groups is 2. The Kier molecular flexibility index (Phi) is 13.2. The first-order valence-electron chi connectivity index (χ1n) is 17.8. The maximum atomic E-state index is 11.3. The molecule has 0 saturated carbocycles. The lowest BCUT2D eigenvalue weighted by molar-refractivity contribution is -0.385. The molecule has 0 saturated heterocycles. The normalized spacial score (nSPS) is 11.6. The molecular weight excluding hydrogens is 809 g/mol. The van der Waals surface area contributed by atoms with Crippen LogP contribution in [0.25, 0.3) is 11.1 Å². The van der Waals surface area contributed by atoms with Crippen LogP contribution in [0.1, 0.15) is 11.1 Å². The number of ether oxygens (including phenoxy) is 2. The van der Waals surface area contributed by atoms with Gasteiger partial charge in [0.1, 0.15) is 22.9 Å². The minimum absolute atomic E-state index is 0.0304. The number of hydrazone groups is 2. The largest absolute Gasteiger partial charge is 0.494 e. The number of nitrogens with one attached hydrogen (secondary N) is 2. The van der Waals surface area contributed by atoms with Crippen molar-refractivity contribution in [2.24, 2.45) is 30.7 Å². The second kappa shape index (κ2) is 19.4. The van der Waals surface area contributed by atoms with Crippen LogP contribution in [0.4, 0.5) is 45.5 Å². The zero-order valence-corrected chi connectivity index (χ0v) is 32.3. The van der Waals surface area contributed by atoms with Gasteiger partial charge in [-0.25, -0.2) is 0 Å². The summed E-state index contributed by atoms with van der Waals surface area (Å²) in [6, 6.07) is 32.2. The highest BCUT2D eigenvalue weighted by Gasteiger charge is 2.14. The molecule has 22 nitrogen and oxygen atoms in total. The summed E-state index contributed by atoms with van der Waals surface area (Å²) in [5.74, 6) is 0.709. The first kappa shape index (κ1) is 42.3. The molecule has 6 aromatic carbocycles. The van der Waals surface area contributed by atoms with Gasteiger partial charge in [-0.05, 0) is 83.9 Å². The fraction of sp³-hybridized carbons (Fsp3) is 0.0500. The van der Waals surface area contributed by atoms with E-state index in [2.05, 4.69) is 41.5 Å². The maximum absolute atomic E-state index is 11.3. The lowest BCUT2D eigenvalue weighted by Gasteiger charge is -2.10. The molecule has 2 N–H and O–H groups in total. The van der Waals surface area contributed by atoms with Crippen molar-refractivity contribution >= 4 is 57.2 Å². The lowest BCUT2D eigenvalue weighted by atomic mass is 10.0. The van der Waals surface area contributed by atoms with E-state index < -0.39 is 19.7 Å². The number of non-ortho nitro benzene ring substituents is 4. The number of azo groups is 2. The summed E-state index contributed by atoms with van der Waals surface area (Å²) in [6.07, 6.45) is 0. The van der Waals surface area contributed by atoms with Crippen molar-refractivity contribution in [3.63, 3.8) is 0 Å². The van der Waals surface area contributed by atoms with Gasteiger partial charge in [0.15, 0.2) is 0 Å². The van der Waals surface area contributed by atoms with Crippen LogP contribution in [-0.4, -0.2) is 45.6 Å². The molecule has 0 aliphatic rings. The Morgan fingerprint density at radius 1 is 0.452 bits per heavy atom. The number of nitro groups is 4. The molecule has 0 aromatic heterocycles. The smallest absolute Gasteiger partial charge is 0.269 e. The molecule has 0 aliphatic carbocycles. The molecule has 6 rings (SSSR count). The quantitative estimate of drug-likeness (QED) is 0.0321. The van der Waals surface area contributed by atoms with Crippen molar-refractivity contribution in [3.05, 3.63) is 185 Å². The maximum Gasteiger partial charge on any atom is 0.269 e. The van der Waals surface area contributed by atoms with Crippen LogP contribution in [0.5, 0.6) is 11.5 Å². The van der Waals surface area contributed by atoms with E-state index in [1.54, 1.807) is 36.4 Å². The number of hydrogen-bond donors (Lipinski definition) is 2. The number of hydrogen-bond acceptors (Lipinski definition) is 16. The third-order valence-corrected chi connectivity index (χ3v) is 8.61. The summed E-state index contributed by atoms with van der Waals surface area (Å²) >= 11 is 0. The lowest BCUT2D eigenvalue weighted by Crippen LogP contribution is -2.02. The van der Waals surface area contributed by atoms with Crippen LogP contribution in [0.15, 0.2) is 164 Å². The van der Waals surface area contributed by atoms with Gasteiger partial charge in [-0.1, -0.05) is 12.1 Å². The van der Waals surface area contributed by atoms with Gasteiger partial charge in [0, 0.05) is 59.7 Å². The molecule has 0 aliphatic heterocycles. The number of rotatable bonds is 15. The van der Waals surface area contributed by atoms with Gasteiger partial charge in [0.05, 0.1) is 45.3 Å². The van der Waals surface area contributed by atoms with E-state index in [-0.39, 0.29) is 34.4 Å². The van der Waals surface area contributed by atoms with Gasteiger partial charge in [0.25, 0.3) is 22.7 Å². The third-order valence-electron chi connectivity index (χ3n) is 8.61. The highest BCUT2D eigenvalue weighted by molar-refractivity contribution is 6.00. The summed E-state index contributed by atoms with van der Waals surface area (Å²) in [4.78, 5) is 42.5. The summed E-state index contributed by atoms with van der Waals surface area (Å²) in [7, 11) is 2.90. The van der Waals surface area contributed by atoms with Gasteiger partial charge in [-0.3, -0.25) is 51.3 Å². The van der Waals surface area contributed by atoms with Gasteiger partial charge < -0.3 is 9.47 Å². The van der Waals surface area contributed by atoms with Crippen LogP contribution < -0.4 is 20.3 Å². The third kappa shape index (κ3) is 10.6. The number of benzene rings is 6. The summed E-state index contributed by atoms with van der Waals surface area (Å²) in [5.41, 5.74) is 8.58. The van der Waals surface area contributed by atoms with Gasteiger partial charge in [-0.15, -0.1) is 20.5 Å². The number of anilines is 2. The predicted molar refractivity (Wildman–Crippen MR) is 227 cm³/mol. The summed E-state index contributed by atoms with van der Waals surface area (Å²) in [5, 5.41) is 70.5. The summed E-state index contributed by atoms with van der Waals surface area (Å²) in [6.45, 7) is 0. The van der Waals surface area contributed by atoms with Crippen molar-refractivity contribution in [3.8, 4) is 22.6 Å². The SMILES string of the molecule is COc1cc(-c2ccc(N=NC(=NNc3ccc([N+](=O)[O-])cc3)c3ccc([N+](=O)[O-])cc3)c(OC)c2)ccc1N=NC(=NNc1ccc([N+](=O)[O-])cc1)c1ccc([N+](=O)[O-])cc1. The number of nitro benzene ring substituents is 4. The van der Waals surface area contributed by atoms with Crippen molar-refractivity contribution in [1.29, 1.82) is 0 Å². The highest BCUT2D eigenvalue weighted by atomic mass is 16.6. The van der Waals surface area contributed by atoms with Crippen LogP contribution in [-0.2, 0) is 0 Å². The fourth-order valence-corrected chi connectivity index (χ4v) is 5.39. The van der Waals surface area contributed by atoms with Gasteiger partial charge in [-0.2, -0.15) is 10.2 Å². The van der Waals surface area contributed by atoms with E-state index >= 15 is 0 Å². The Bertz CT molecular complexity index is 2570. The Morgan fingerprint density at radius 2 is 0.758 bits per heavy atom. The van der Waals surface area contributed by atoms with E-state index in [1.807, 2.05) is 0 Å². The molecule has 0 amide bonds. The zero-order valence-electron chi connectivity index (χ0n) is 32.3. The highest BCUT2D eigenvalue weighted by Crippen LogP contribution is 2.37. The van der Waals surface area contributed by atoms with Crippen molar-refractivity contribution in [1.82, 2.24) is 0 Å². The topological polar surface area (TPSA) is 289 Å². The molecule has 0 heterocycles. The number of methoxy groups -OCH3 is 2. The van der Waals surface area contributed by atoms with Crippen LogP contribution in [0.2, 0.25) is 0 Å². The van der Waals surface area contributed by atoms with E-state index in [1.165, 1.54) is 111 Å². The molecule has 0 unspecified atom stereocenters. The molecule has 0 fully saturated rings. The Labute approximate surface area is 349 Å². The standard InChI is InChI=1S/C40H30N12O10/c1-61-37-23-27(7-21-35(37)43-47-39(25-3-13-31(14-4-25)49(53)54)45-41-29-9-17-33(18-10-29)51(57)58)28-8-22-36(38(24-28)62-2)44-48-40(26-5-15-32(16-6-26)50(55)56)46-42-30-11-19-34(20-12-30)52(59)60/h3-24,41-42H,1-2H3. The molecule has 0 atom stereocenters. The van der Waals surface area contributed by atoms with E-state index in [0.717, 1.165) is 0 Å². The molecule has 310 valence electrons. The van der Waals surface area contributed by atoms with Crippen molar-refractivity contribution in [2.45, 2.75) is 0 Å². The Hall–Kier alpha value is -9.34. The number of nitrogens with zero attached hydrogens (tertiary/aromatic N) is 10. The van der Waals surface area contributed by atoms with Gasteiger partial charge in [0.2, 0.25) is 11.7 Å². The van der Waals surface area contributed by atoms with Crippen molar-refractivity contribution in [2.75, 3.05) is 25.1 Å². The van der Waals surface area contributed by atoms with E-state index in [0.29, 0.717) is 56.5 Å². The predicted octanol–water partition coefficient (Wildman–Crippen LogP) is 10.1. The summed E-state index contributed by atoms with van der Waals surface area (Å²) < 4.78 is 11.3. The molecule has 6 aromatic rings. The van der Waals surface area contributed by atoms with Crippen molar-refractivity contribution < 1.29 is 29.2 Å². The minimum Gasteiger partial charge on any atom is -0.494 e. The monoisotopic (exact) mass is 838 g/mol. The molecule has 62 heavy (non-hydrogen) atoms. The van der Waals surface area contributed by atoms with E-state index in [4.69, 9.17) is 9.47 Å². The first-order chi connectivity index (χ1) is 29.9. The van der Waals surface area contributed by atoms with Crippen LogP contribution in [0.3, 0.4) is 0 Å². The molecule has 0 bridgehead atoms. The minimum atomic E-state index is -0.543. The average molecular weight is 839 g/mol. The molecular formula is C40H30N12O10. The fourth-order valence-electron chi connectivity index (χ4n) is 5.39. The average Bonchev–Trinajstić information content (AvgIpc) is 3.29. The first-order valence-corrected chi connectivity index (χ1v) is 17.8. The van der Waals surface area contributed by atoms with Gasteiger partial charge >= 0.3 is 0 Å². The molecule has 0 spiro atoms. The Morgan fingerprint density at radius 3 is 1.05 bits per heavy atom. The molecule has 22 heteroatoms. The van der Waals surface area contributed by atoms with E-state index in [9.17, 15) is 40.5 Å². The zero-order chi connectivity index (χ0) is 44.2. The Balaban J connectivity index is 1.26. The van der Waals surface area contributed by atoms with Crippen LogP contribution in [0, 0.1) is 40.5 Å². The molecule has 0 radical (unpaired) electrons. The second-order valence-corrected chi connectivity index (χ2v) is 12.5.